The molecule has 0 spiro atoms. The van der Waals surface area contributed by atoms with Crippen molar-refractivity contribution in [3.63, 3.8) is 0 Å². The van der Waals surface area contributed by atoms with Gasteiger partial charge in [0.15, 0.2) is 0 Å². The molecule has 0 aromatic carbocycles. The van der Waals surface area contributed by atoms with Crippen LogP contribution in [0.15, 0.2) is 0 Å². The highest BCUT2D eigenvalue weighted by Gasteiger charge is 2.29. The summed E-state index contributed by atoms with van der Waals surface area (Å²) in [4.78, 5) is 80.0. The third-order valence-corrected chi connectivity index (χ3v) is 3.14. The van der Waals surface area contributed by atoms with E-state index in [4.69, 9.17) is 22.3 Å². The van der Waals surface area contributed by atoms with E-state index in [1.54, 1.807) is 0 Å². The van der Waals surface area contributed by atoms with Gasteiger partial charge in [-0.3, -0.25) is 33.6 Å². The average Bonchev–Trinajstić information content (AvgIpc) is 2.62. The molecule has 0 rings (SSSR count). The number of hydrogen-bond donors (Lipinski definition) is 8. The van der Waals surface area contributed by atoms with Crippen molar-refractivity contribution in [1.29, 1.82) is 0 Å². The molecule has 0 unspecified atom stereocenters. The van der Waals surface area contributed by atoms with Crippen LogP contribution in [0.1, 0.15) is 12.8 Å². The van der Waals surface area contributed by atoms with Crippen LogP contribution in [0.4, 0.5) is 0 Å². The van der Waals surface area contributed by atoms with Crippen LogP contribution in [-0.4, -0.2) is 78.2 Å². The zero-order valence-electron chi connectivity index (χ0n) is 15.2. The van der Waals surface area contributed by atoms with Crippen molar-refractivity contribution in [3.05, 3.63) is 0 Å². The van der Waals surface area contributed by atoms with Gasteiger partial charge in [-0.2, -0.15) is 0 Å². The zero-order chi connectivity index (χ0) is 22.6. The molecule has 0 aliphatic heterocycles. The molecule has 162 valence electrons. The first-order chi connectivity index (χ1) is 13.5. The fraction of sp³-hybridized carbons (Fsp3) is 0.500. The van der Waals surface area contributed by atoms with Crippen LogP contribution in [0.5, 0.6) is 0 Å². The predicted octanol–water partition coefficient (Wildman–Crippen LogP) is -6.02. The Bertz CT molecular complexity index is 681. The monoisotopic (exact) mass is 417 g/mol. The van der Waals surface area contributed by atoms with Crippen molar-refractivity contribution in [2.45, 2.75) is 24.9 Å². The lowest BCUT2D eigenvalue weighted by Crippen LogP contribution is -2.56. The topological polar surface area (TPSA) is 266 Å². The molecule has 0 saturated heterocycles. The second-order valence-corrected chi connectivity index (χ2v) is 5.61. The minimum atomic E-state index is -1.57. The quantitative estimate of drug-likeness (QED) is 0.141. The summed E-state index contributed by atoms with van der Waals surface area (Å²) in [5, 5.41) is 16.9. The van der Waals surface area contributed by atoms with Crippen LogP contribution in [0.25, 0.3) is 0 Å². The van der Waals surface area contributed by atoms with Crippen LogP contribution < -0.4 is 38.5 Å². The number of nitrogens with one attached hydrogen (secondary N) is 4. The maximum Gasteiger partial charge on any atom is 0.322 e. The third kappa shape index (κ3) is 11.5. The Kier molecular flexibility index (Phi) is 11.0. The smallest absolute Gasteiger partial charge is 0.322 e. The van der Waals surface area contributed by atoms with Gasteiger partial charge >= 0.3 is 5.97 Å². The Morgan fingerprint density at radius 2 is 1.24 bits per heavy atom. The van der Waals surface area contributed by atoms with Gasteiger partial charge in [-0.1, -0.05) is 0 Å². The largest absolute Gasteiger partial charge is 0.480 e. The maximum absolute atomic E-state index is 12.4. The van der Waals surface area contributed by atoms with E-state index in [1.807, 2.05) is 5.32 Å². The molecular weight excluding hydrogens is 394 g/mol. The molecule has 0 bridgehead atoms. The van der Waals surface area contributed by atoms with Gasteiger partial charge in [-0.25, -0.2) is 0 Å². The minimum Gasteiger partial charge on any atom is -0.480 e. The molecule has 0 fully saturated rings. The summed E-state index contributed by atoms with van der Waals surface area (Å²) in [6.45, 7) is -1.71. The lowest BCUT2D eigenvalue weighted by molar-refractivity contribution is -0.139. The number of carbonyl (C=O) groups excluding carboxylic acids is 6. The number of hydrogen-bond acceptors (Lipinski definition) is 8. The average molecular weight is 417 g/mol. The van der Waals surface area contributed by atoms with Gasteiger partial charge in [-0.05, 0) is 0 Å². The molecule has 15 nitrogen and oxygen atoms in total. The van der Waals surface area contributed by atoms with Crippen molar-refractivity contribution < 1.29 is 38.7 Å². The van der Waals surface area contributed by atoms with E-state index in [2.05, 4.69) is 16.0 Å². The molecule has 0 radical (unpaired) electrons. The summed E-state index contributed by atoms with van der Waals surface area (Å²) in [6, 6.07) is -3.11. The first kappa shape index (κ1) is 25.2. The fourth-order valence-corrected chi connectivity index (χ4v) is 1.88. The van der Waals surface area contributed by atoms with Gasteiger partial charge in [-0.15, -0.1) is 0 Å². The van der Waals surface area contributed by atoms with Gasteiger partial charge < -0.3 is 43.6 Å². The molecular formula is C14H23N7O8. The molecule has 2 atom stereocenters. The number of carboxylic acid groups (broad SMARTS) is 1. The van der Waals surface area contributed by atoms with Crippen LogP contribution in [-0.2, 0) is 33.6 Å². The molecule has 15 heteroatoms. The summed E-state index contributed by atoms with van der Waals surface area (Å²) in [5.74, 6) is -6.94. The molecule has 0 aromatic rings. The van der Waals surface area contributed by atoms with Gasteiger partial charge in [0.25, 0.3) is 0 Å². The molecule has 0 heterocycles. The fourth-order valence-electron chi connectivity index (χ4n) is 1.88. The third-order valence-electron chi connectivity index (χ3n) is 3.14. The molecule has 0 aromatic heterocycles. The van der Waals surface area contributed by atoms with Crippen molar-refractivity contribution in [2.24, 2.45) is 17.2 Å². The van der Waals surface area contributed by atoms with E-state index in [-0.39, 0.29) is 6.54 Å². The Morgan fingerprint density at radius 3 is 1.69 bits per heavy atom. The van der Waals surface area contributed by atoms with E-state index in [0.29, 0.717) is 0 Å². The van der Waals surface area contributed by atoms with Crippen molar-refractivity contribution in [2.75, 3.05) is 19.6 Å². The SMILES string of the molecule is NCC(=O)NCC(=O)N[C@@H](CC(N)=O)C(=O)N[C@@H](CC(N)=O)C(=O)NCC(=O)O. The second-order valence-electron chi connectivity index (χ2n) is 5.61. The molecule has 11 N–H and O–H groups in total. The van der Waals surface area contributed by atoms with Gasteiger partial charge in [0, 0.05) is 0 Å². The highest BCUT2D eigenvalue weighted by molar-refractivity contribution is 5.97. The second kappa shape index (κ2) is 12.6. The molecule has 6 amide bonds. The number of nitrogens with two attached hydrogens (primary N) is 3. The van der Waals surface area contributed by atoms with Gasteiger partial charge in [0.05, 0.1) is 25.9 Å². The van der Waals surface area contributed by atoms with Crippen LogP contribution in [0, 0.1) is 0 Å². The summed E-state index contributed by atoms with van der Waals surface area (Å²) in [5.41, 5.74) is 15.1. The molecule has 0 aliphatic rings. The standard InChI is InChI=1S/C14H23N7O8/c15-3-10(24)18-4-11(25)20-7(2-9(17)23)14(29)21-6(1-8(16)22)13(28)19-5-12(26)27/h6-7H,1-5,15H2,(H2,16,22)(H2,17,23)(H,18,24)(H,19,28)(H,20,25)(H,21,29)(H,26,27)/t6-,7-/m0/s1. The summed E-state index contributed by atoms with van der Waals surface area (Å²) < 4.78 is 0. The van der Waals surface area contributed by atoms with Crippen LogP contribution in [0.3, 0.4) is 0 Å². The first-order valence-electron chi connectivity index (χ1n) is 8.08. The molecule has 0 saturated carbocycles. The Labute approximate surface area is 164 Å². The Morgan fingerprint density at radius 1 is 0.724 bits per heavy atom. The van der Waals surface area contributed by atoms with E-state index >= 15 is 0 Å². The summed E-state index contributed by atoms with van der Waals surface area (Å²) >= 11 is 0. The summed E-state index contributed by atoms with van der Waals surface area (Å²) in [7, 11) is 0. The molecule has 0 aliphatic carbocycles. The van der Waals surface area contributed by atoms with Crippen molar-refractivity contribution >= 4 is 41.4 Å². The number of carbonyl (C=O) groups is 7. The number of primary amides is 2. The van der Waals surface area contributed by atoms with E-state index in [9.17, 15) is 33.6 Å². The van der Waals surface area contributed by atoms with E-state index in [1.165, 1.54) is 0 Å². The van der Waals surface area contributed by atoms with Crippen molar-refractivity contribution in [3.8, 4) is 0 Å². The summed E-state index contributed by atoms with van der Waals surface area (Å²) in [6.07, 6.45) is -1.34. The molecule has 29 heavy (non-hydrogen) atoms. The van der Waals surface area contributed by atoms with E-state index < -0.39 is 79.4 Å². The number of carboxylic acids is 1. The van der Waals surface area contributed by atoms with E-state index in [0.717, 1.165) is 0 Å². The van der Waals surface area contributed by atoms with Crippen molar-refractivity contribution in [1.82, 2.24) is 21.3 Å². The predicted molar refractivity (Wildman–Crippen MR) is 94.2 cm³/mol. The highest BCUT2D eigenvalue weighted by Crippen LogP contribution is 1.98. The lowest BCUT2D eigenvalue weighted by atomic mass is 10.1. The first-order valence-corrected chi connectivity index (χ1v) is 8.08. The minimum absolute atomic E-state index is 0.376. The van der Waals surface area contributed by atoms with Crippen LogP contribution >= 0.6 is 0 Å². The zero-order valence-corrected chi connectivity index (χ0v) is 15.2. The highest BCUT2D eigenvalue weighted by atomic mass is 16.4. The Balaban J connectivity index is 5.16. The normalized spacial score (nSPS) is 12.0. The lowest BCUT2D eigenvalue weighted by Gasteiger charge is -2.21. The number of rotatable bonds is 13. The van der Waals surface area contributed by atoms with Gasteiger partial charge in [0.1, 0.15) is 18.6 Å². The number of aliphatic carboxylic acids is 1. The van der Waals surface area contributed by atoms with Gasteiger partial charge in [0.2, 0.25) is 35.4 Å². The maximum atomic E-state index is 12.4. The Hall–Kier alpha value is -3.75. The number of amides is 6. The van der Waals surface area contributed by atoms with Crippen LogP contribution in [0.2, 0.25) is 0 Å².